The Balaban J connectivity index is 3.08. The number of sulfonamides is 1. The van der Waals surface area contributed by atoms with Crippen molar-refractivity contribution in [3.8, 4) is 0 Å². The quantitative estimate of drug-likeness (QED) is 0.823. The Morgan fingerprint density at radius 1 is 1.44 bits per heavy atom. The van der Waals surface area contributed by atoms with Gasteiger partial charge >= 0.3 is 5.97 Å². The van der Waals surface area contributed by atoms with Crippen LogP contribution >= 0.6 is 0 Å². The molecular weight excluding hydrogens is 256 g/mol. The van der Waals surface area contributed by atoms with Gasteiger partial charge < -0.3 is 10.1 Å². The van der Waals surface area contributed by atoms with E-state index in [1.807, 2.05) is 13.8 Å². The zero-order chi connectivity index (χ0) is 13.9. The minimum atomic E-state index is -3.64. The summed E-state index contributed by atoms with van der Waals surface area (Å²) in [6.45, 7) is 3.83. The zero-order valence-corrected chi connectivity index (χ0v) is 11.5. The molecule has 1 aromatic heterocycles. The van der Waals surface area contributed by atoms with E-state index in [0.29, 0.717) is 12.8 Å². The molecule has 0 aliphatic heterocycles. The van der Waals surface area contributed by atoms with Gasteiger partial charge in [0.2, 0.25) is 10.0 Å². The van der Waals surface area contributed by atoms with Crippen molar-refractivity contribution in [3.05, 3.63) is 18.0 Å². The normalized spacial score (nSPS) is 12.3. The minimum Gasteiger partial charge on any atom is -0.477 e. The number of aromatic carboxylic acids is 1. The van der Waals surface area contributed by atoms with Crippen molar-refractivity contribution in [1.29, 1.82) is 0 Å². The molecule has 0 bridgehead atoms. The molecule has 0 unspecified atom stereocenters. The maximum atomic E-state index is 12.2. The molecule has 2 N–H and O–H groups in total. The fourth-order valence-electron chi connectivity index (χ4n) is 1.81. The average molecular weight is 274 g/mol. The Morgan fingerprint density at radius 2 is 2.00 bits per heavy atom. The minimum absolute atomic E-state index is 0.0192. The molecule has 102 valence electrons. The fraction of sp³-hybridized carbons (Fsp3) is 0.545. The summed E-state index contributed by atoms with van der Waals surface area (Å²) >= 11 is 0. The second kappa shape index (κ2) is 5.53. The molecule has 0 spiro atoms. The van der Waals surface area contributed by atoms with Gasteiger partial charge in [0.15, 0.2) is 0 Å². The molecule has 7 heteroatoms. The van der Waals surface area contributed by atoms with Crippen LogP contribution in [0.5, 0.6) is 0 Å². The first kappa shape index (κ1) is 14.7. The van der Waals surface area contributed by atoms with Crippen LogP contribution in [0.2, 0.25) is 0 Å². The van der Waals surface area contributed by atoms with Crippen LogP contribution in [0.4, 0.5) is 0 Å². The van der Waals surface area contributed by atoms with Gasteiger partial charge in [-0.3, -0.25) is 0 Å². The van der Waals surface area contributed by atoms with Crippen LogP contribution in [0.15, 0.2) is 17.2 Å². The molecule has 0 saturated carbocycles. The van der Waals surface area contributed by atoms with Crippen molar-refractivity contribution in [1.82, 2.24) is 9.29 Å². The van der Waals surface area contributed by atoms with E-state index in [0.717, 1.165) is 6.07 Å². The van der Waals surface area contributed by atoms with Gasteiger partial charge in [0.25, 0.3) is 0 Å². The number of carbonyl (C=O) groups is 1. The van der Waals surface area contributed by atoms with E-state index in [4.69, 9.17) is 5.11 Å². The number of carboxylic acid groups (broad SMARTS) is 1. The van der Waals surface area contributed by atoms with E-state index in [1.54, 1.807) is 0 Å². The van der Waals surface area contributed by atoms with Crippen molar-refractivity contribution < 1.29 is 18.3 Å². The Kier molecular flexibility index (Phi) is 4.53. The molecule has 0 atom stereocenters. The van der Waals surface area contributed by atoms with Crippen molar-refractivity contribution >= 4 is 16.0 Å². The average Bonchev–Trinajstić information content (AvgIpc) is 2.80. The summed E-state index contributed by atoms with van der Waals surface area (Å²) < 4.78 is 25.8. The number of hydrogen-bond acceptors (Lipinski definition) is 3. The van der Waals surface area contributed by atoms with Gasteiger partial charge in [0.05, 0.1) is 0 Å². The van der Waals surface area contributed by atoms with Gasteiger partial charge in [-0.15, -0.1) is 0 Å². The fourth-order valence-corrected chi connectivity index (χ4v) is 3.31. The molecule has 1 aromatic rings. The number of aromatic amines is 1. The molecule has 0 aromatic carbocycles. The van der Waals surface area contributed by atoms with E-state index in [-0.39, 0.29) is 16.6 Å². The smallest absolute Gasteiger partial charge is 0.352 e. The highest BCUT2D eigenvalue weighted by molar-refractivity contribution is 7.89. The summed E-state index contributed by atoms with van der Waals surface area (Å²) in [6.07, 6.45) is 2.63. The Hall–Kier alpha value is -1.34. The molecule has 1 heterocycles. The largest absolute Gasteiger partial charge is 0.477 e. The molecular formula is C11H18N2O4S. The van der Waals surface area contributed by atoms with E-state index in [2.05, 4.69) is 4.98 Å². The highest BCUT2D eigenvalue weighted by Crippen LogP contribution is 2.20. The highest BCUT2D eigenvalue weighted by Gasteiger charge is 2.27. The second-order valence-electron chi connectivity index (χ2n) is 4.05. The lowest BCUT2D eigenvalue weighted by Crippen LogP contribution is -2.36. The van der Waals surface area contributed by atoms with E-state index < -0.39 is 16.0 Å². The summed E-state index contributed by atoms with van der Waals surface area (Å²) in [6, 6.07) is 1.05. The van der Waals surface area contributed by atoms with Crippen LogP contribution < -0.4 is 0 Å². The van der Waals surface area contributed by atoms with Gasteiger partial charge in [0.1, 0.15) is 10.6 Å². The number of nitrogens with zero attached hydrogens (tertiary/aromatic N) is 1. The molecule has 0 aliphatic rings. The monoisotopic (exact) mass is 274 g/mol. The molecule has 1 rings (SSSR count). The topological polar surface area (TPSA) is 90.5 Å². The third-order valence-corrected chi connectivity index (χ3v) is 4.91. The van der Waals surface area contributed by atoms with Crippen molar-refractivity contribution in [3.63, 3.8) is 0 Å². The van der Waals surface area contributed by atoms with E-state index in [9.17, 15) is 13.2 Å². The molecule has 0 aliphatic carbocycles. The van der Waals surface area contributed by atoms with Crippen LogP contribution in [-0.4, -0.2) is 41.9 Å². The predicted octanol–water partition coefficient (Wildman–Crippen LogP) is 1.52. The third kappa shape index (κ3) is 2.73. The highest BCUT2D eigenvalue weighted by atomic mass is 32.2. The lowest BCUT2D eigenvalue weighted by atomic mass is 10.2. The van der Waals surface area contributed by atoms with Crippen LogP contribution in [0.25, 0.3) is 0 Å². The van der Waals surface area contributed by atoms with Crippen molar-refractivity contribution in [2.75, 3.05) is 7.05 Å². The van der Waals surface area contributed by atoms with Crippen molar-refractivity contribution in [2.45, 2.75) is 37.6 Å². The van der Waals surface area contributed by atoms with Crippen molar-refractivity contribution in [2.24, 2.45) is 0 Å². The Bertz CT molecular complexity index is 517. The molecule has 6 nitrogen and oxygen atoms in total. The molecule has 18 heavy (non-hydrogen) atoms. The lowest BCUT2D eigenvalue weighted by Gasteiger charge is -2.24. The first-order valence-corrected chi connectivity index (χ1v) is 7.18. The maximum absolute atomic E-state index is 12.2. The van der Waals surface area contributed by atoms with Gasteiger partial charge in [-0.25, -0.2) is 13.2 Å². The summed E-state index contributed by atoms with van der Waals surface area (Å²) in [7, 11) is -2.12. The van der Waals surface area contributed by atoms with Gasteiger partial charge in [0, 0.05) is 19.3 Å². The standard InChI is InChI=1S/C11H18N2O4S/c1-4-8(5-2)13(3)18(16,17)9-6-10(11(14)15)12-7-9/h6-8,12H,4-5H2,1-3H3,(H,14,15). The number of H-pyrrole nitrogens is 1. The first-order chi connectivity index (χ1) is 8.34. The number of carboxylic acids is 1. The van der Waals surface area contributed by atoms with Crippen LogP contribution in [0.3, 0.4) is 0 Å². The summed E-state index contributed by atoms with van der Waals surface area (Å²) in [4.78, 5) is 13.1. The molecule has 0 radical (unpaired) electrons. The molecule has 0 fully saturated rings. The Labute approximate surface area is 107 Å². The predicted molar refractivity (Wildman–Crippen MR) is 67.1 cm³/mol. The van der Waals surface area contributed by atoms with Crippen LogP contribution in [0, 0.1) is 0 Å². The molecule has 0 saturated heterocycles. The van der Waals surface area contributed by atoms with Crippen LogP contribution in [0.1, 0.15) is 37.2 Å². The number of hydrogen-bond donors (Lipinski definition) is 2. The van der Waals surface area contributed by atoms with Gasteiger partial charge in [-0.2, -0.15) is 4.31 Å². The van der Waals surface area contributed by atoms with E-state index in [1.165, 1.54) is 17.5 Å². The number of rotatable bonds is 6. The number of aromatic nitrogens is 1. The summed E-state index contributed by atoms with van der Waals surface area (Å²) in [5.74, 6) is -1.18. The van der Waals surface area contributed by atoms with Crippen LogP contribution in [-0.2, 0) is 10.0 Å². The van der Waals surface area contributed by atoms with Gasteiger partial charge in [-0.05, 0) is 18.9 Å². The second-order valence-corrected chi connectivity index (χ2v) is 6.04. The number of nitrogens with one attached hydrogen (secondary N) is 1. The lowest BCUT2D eigenvalue weighted by molar-refractivity contribution is 0.0691. The summed E-state index contributed by atoms with van der Waals surface area (Å²) in [5.41, 5.74) is -0.133. The summed E-state index contributed by atoms with van der Waals surface area (Å²) in [5, 5.41) is 8.76. The van der Waals surface area contributed by atoms with E-state index >= 15 is 0 Å². The first-order valence-electron chi connectivity index (χ1n) is 5.74. The zero-order valence-electron chi connectivity index (χ0n) is 10.7. The third-order valence-electron chi connectivity index (χ3n) is 3.02. The maximum Gasteiger partial charge on any atom is 0.352 e. The SMILES string of the molecule is CCC(CC)N(C)S(=O)(=O)c1c[nH]c(C(=O)O)c1. The van der Waals surface area contributed by atoms with Gasteiger partial charge in [-0.1, -0.05) is 13.8 Å². The Morgan fingerprint density at radius 3 is 2.39 bits per heavy atom. The molecule has 0 amide bonds.